The topological polar surface area (TPSA) is 91.6 Å². The van der Waals surface area contributed by atoms with Crippen LogP contribution in [0.25, 0.3) is 0 Å². The molecule has 2 unspecified atom stereocenters. The Morgan fingerprint density at radius 1 is 1.39 bits per heavy atom. The first-order valence-electron chi connectivity index (χ1n) is 5.79. The van der Waals surface area contributed by atoms with Crippen LogP contribution in [0.3, 0.4) is 0 Å². The molecule has 0 aliphatic heterocycles. The smallest absolute Gasteiger partial charge is 0.274 e. The van der Waals surface area contributed by atoms with Crippen LogP contribution < -0.4 is 10.0 Å². The third-order valence-electron chi connectivity index (χ3n) is 2.30. The van der Waals surface area contributed by atoms with Crippen LogP contribution in [0.1, 0.15) is 26.0 Å². The van der Waals surface area contributed by atoms with Crippen molar-refractivity contribution >= 4 is 10.0 Å². The van der Waals surface area contributed by atoms with Crippen LogP contribution in [0, 0.1) is 0 Å². The maximum Gasteiger partial charge on any atom is 0.274 e. The van der Waals surface area contributed by atoms with E-state index >= 15 is 0 Å². The summed E-state index contributed by atoms with van der Waals surface area (Å²) in [5.41, 5.74) is 0. The van der Waals surface area contributed by atoms with Crippen molar-refractivity contribution in [2.45, 2.75) is 44.1 Å². The molecule has 0 fully saturated rings. The van der Waals surface area contributed by atoms with Gasteiger partial charge in [-0.15, -0.1) is 0 Å². The third-order valence-corrected chi connectivity index (χ3v) is 3.77. The third kappa shape index (κ3) is 4.41. The van der Waals surface area contributed by atoms with Gasteiger partial charge in [0.25, 0.3) is 10.0 Å². The van der Waals surface area contributed by atoms with Gasteiger partial charge in [0, 0.05) is 6.04 Å². The Kier molecular flexibility index (Phi) is 5.33. The highest BCUT2D eigenvalue weighted by atomic mass is 32.2. The fourth-order valence-electron chi connectivity index (χ4n) is 1.65. The first-order valence-corrected chi connectivity index (χ1v) is 7.27. The number of nitrogens with one attached hydrogen (secondary N) is 2. The van der Waals surface area contributed by atoms with Crippen molar-refractivity contribution in [2.24, 2.45) is 0 Å². The number of aliphatic hydroxyl groups excluding tert-OH is 1. The lowest BCUT2D eigenvalue weighted by Gasteiger charge is -2.14. The Labute approximate surface area is 107 Å². The molecule has 0 aromatic carbocycles. The van der Waals surface area contributed by atoms with E-state index in [1.54, 1.807) is 27.0 Å². The highest BCUT2D eigenvalue weighted by molar-refractivity contribution is 7.89. The molecule has 0 radical (unpaired) electrons. The number of hydrogen-bond acceptors (Lipinski definition) is 5. The van der Waals surface area contributed by atoms with E-state index < -0.39 is 16.1 Å². The van der Waals surface area contributed by atoms with Crippen molar-refractivity contribution in [2.75, 3.05) is 7.05 Å². The molecule has 1 aromatic rings. The minimum atomic E-state index is -3.66. The maximum atomic E-state index is 11.9. The van der Waals surface area contributed by atoms with Crippen LogP contribution in [0.5, 0.6) is 0 Å². The predicted molar refractivity (Wildman–Crippen MR) is 67.6 cm³/mol. The fourth-order valence-corrected chi connectivity index (χ4v) is 2.86. The van der Waals surface area contributed by atoms with E-state index in [0.29, 0.717) is 18.7 Å². The largest absolute Gasteiger partial charge is 0.447 e. The van der Waals surface area contributed by atoms with Gasteiger partial charge in [-0.2, -0.15) is 0 Å². The van der Waals surface area contributed by atoms with Crippen LogP contribution in [0.4, 0.5) is 0 Å². The minimum absolute atomic E-state index is 0.106. The molecule has 104 valence electrons. The SMILES string of the molecule is CNCc1ccc(S(=O)(=O)NC(C)CC(C)O)o1. The lowest BCUT2D eigenvalue weighted by atomic mass is 10.2. The fraction of sp³-hybridized carbons (Fsp3) is 0.636. The minimum Gasteiger partial charge on any atom is -0.447 e. The zero-order valence-corrected chi connectivity index (χ0v) is 11.6. The molecule has 0 saturated carbocycles. The number of rotatable bonds is 7. The predicted octanol–water partition coefficient (Wildman–Crippen LogP) is 0.437. The molecular formula is C11H20N2O4S. The molecule has 0 aliphatic rings. The number of sulfonamides is 1. The van der Waals surface area contributed by atoms with Gasteiger partial charge in [0.15, 0.2) is 0 Å². The van der Waals surface area contributed by atoms with E-state index in [2.05, 4.69) is 10.0 Å². The summed E-state index contributed by atoms with van der Waals surface area (Å²) in [4.78, 5) is 0. The quantitative estimate of drug-likeness (QED) is 0.672. The van der Waals surface area contributed by atoms with Gasteiger partial charge in [0.2, 0.25) is 5.09 Å². The van der Waals surface area contributed by atoms with Gasteiger partial charge in [-0.05, 0) is 39.4 Å². The Morgan fingerprint density at radius 2 is 2.06 bits per heavy atom. The number of hydrogen-bond donors (Lipinski definition) is 3. The monoisotopic (exact) mass is 276 g/mol. The van der Waals surface area contributed by atoms with Gasteiger partial charge in [-0.3, -0.25) is 0 Å². The van der Waals surface area contributed by atoms with Gasteiger partial charge >= 0.3 is 0 Å². The molecule has 0 amide bonds. The number of furan rings is 1. The highest BCUT2D eigenvalue weighted by Crippen LogP contribution is 2.14. The van der Waals surface area contributed by atoms with Crippen molar-refractivity contribution in [3.63, 3.8) is 0 Å². The van der Waals surface area contributed by atoms with Crippen LogP contribution in [-0.2, 0) is 16.6 Å². The molecule has 1 heterocycles. The molecule has 0 aliphatic carbocycles. The summed E-state index contributed by atoms with van der Waals surface area (Å²) in [6, 6.07) is 2.68. The molecule has 6 nitrogen and oxygen atoms in total. The Bertz CT molecular complexity index is 467. The molecule has 0 bridgehead atoms. The number of aliphatic hydroxyl groups is 1. The second-order valence-electron chi connectivity index (χ2n) is 4.36. The molecule has 7 heteroatoms. The van der Waals surface area contributed by atoms with Crippen LogP contribution >= 0.6 is 0 Å². The lowest BCUT2D eigenvalue weighted by molar-refractivity contribution is 0.174. The molecular weight excluding hydrogens is 256 g/mol. The zero-order chi connectivity index (χ0) is 13.8. The van der Waals surface area contributed by atoms with Crippen LogP contribution in [0.2, 0.25) is 0 Å². The van der Waals surface area contributed by atoms with Gasteiger partial charge < -0.3 is 14.8 Å². The van der Waals surface area contributed by atoms with E-state index in [4.69, 9.17) is 4.42 Å². The second kappa shape index (κ2) is 6.33. The van der Waals surface area contributed by atoms with Gasteiger partial charge in [-0.1, -0.05) is 0 Å². The van der Waals surface area contributed by atoms with Gasteiger partial charge in [0.1, 0.15) is 5.76 Å². The molecule has 2 atom stereocenters. The summed E-state index contributed by atoms with van der Waals surface area (Å²) >= 11 is 0. The van der Waals surface area contributed by atoms with Crippen LogP contribution in [-0.4, -0.2) is 32.7 Å². The zero-order valence-electron chi connectivity index (χ0n) is 10.8. The summed E-state index contributed by atoms with van der Waals surface area (Å²) in [6.45, 7) is 3.78. The Balaban J connectivity index is 2.73. The van der Waals surface area contributed by atoms with E-state index in [-0.39, 0.29) is 11.1 Å². The van der Waals surface area contributed by atoms with Gasteiger partial charge in [-0.25, -0.2) is 13.1 Å². The molecule has 3 N–H and O–H groups in total. The van der Waals surface area contributed by atoms with E-state index in [9.17, 15) is 13.5 Å². The van der Waals surface area contributed by atoms with Crippen molar-refractivity contribution < 1.29 is 17.9 Å². The highest BCUT2D eigenvalue weighted by Gasteiger charge is 2.21. The maximum absolute atomic E-state index is 11.9. The van der Waals surface area contributed by atoms with Crippen molar-refractivity contribution in [3.8, 4) is 0 Å². The molecule has 1 rings (SSSR count). The van der Waals surface area contributed by atoms with Crippen molar-refractivity contribution in [3.05, 3.63) is 17.9 Å². The summed E-state index contributed by atoms with van der Waals surface area (Å²) in [6.07, 6.45) is -0.206. The Hall–Kier alpha value is -0.890. The first-order chi connectivity index (χ1) is 8.35. The molecule has 1 aromatic heterocycles. The standard InChI is InChI=1S/C11H20N2O4S/c1-8(6-9(2)14)13-18(15,16)11-5-4-10(17-11)7-12-3/h4-5,8-9,12-14H,6-7H2,1-3H3. The molecule has 0 saturated heterocycles. The summed E-state index contributed by atoms with van der Waals surface area (Å²) in [5, 5.41) is 12.0. The Morgan fingerprint density at radius 3 is 2.61 bits per heavy atom. The van der Waals surface area contributed by atoms with E-state index in [1.807, 2.05) is 0 Å². The van der Waals surface area contributed by atoms with E-state index in [0.717, 1.165) is 0 Å². The van der Waals surface area contributed by atoms with Crippen molar-refractivity contribution in [1.29, 1.82) is 0 Å². The first kappa shape index (κ1) is 15.2. The van der Waals surface area contributed by atoms with Crippen LogP contribution in [0.15, 0.2) is 21.6 Å². The van der Waals surface area contributed by atoms with E-state index in [1.165, 1.54) is 6.07 Å². The lowest BCUT2D eigenvalue weighted by Crippen LogP contribution is -2.34. The normalized spacial score (nSPS) is 15.6. The second-order valence-corrected chi connectivity index (χ2v) is 6.00. The summed E-state index contributed by atoms with van der Waals surface area (Å²) < 4.78 is 31.5. The van der Waals surface area contributed by atoms with Crippen molar-refractivity contribution in [1.82, 2.24) is 10.0 Å². The average molecular weight is 276 g/mol. The molecule has 0 spiro atoms. The van der Waals surface area contributed by atoms with Gasteiger partial charge in [0.05, 0.1) is 12.6 Å². The average Bonchev–Trinajstić information content (AvgIpc) is 2.65. The molecule has 18 heavy (non-hydrogen) atoms. The summed E-state index contributed by atoms with van der Waals surface area (Å²) in [5.74, 6) is 0.557. The summed E-state index contributed by atoms with van der Waals surface area (Å²) in [7, 11) is -1.91.